The summed E-state index contributed by atoms with van der Waals surface area (Å²) < 4.78 is 2.30. The Kier molecular flexibility index (Phi) is 5.51. The number of nitrogens with zero attached hydrogens (tertiary/aromatic N) is 1. The van der Waals surface area contributed by atoms with Gasteiger partial charge in [-0.2, -0.15) is 0 Å². The zero-order valence-corrected chi connectivity index (χ0v) is 14.8. The number of hydrogen-bond donors (Lipinski definition) is 2. The van der Waals surface area contributed by atoms with Gasteiger partial charge in [-0.3, -0.25) is 4.79 Å². The summed E-state index contributed by atoms with van der Waals surface area (Å²) in [5, 5.41) is 7.69. The second kappa shape index (κ2) is 7.99. The highest BCUT2D eigenvalue weighted by molar-refractivity contribution is 5.88. The van der Waals surface area contributed by atoms with Crippen LogP contribution in [0.2, 0.25) is 0 Å². The minimum Gasteiger partial charge on any atom is -0.347 e. The molecule has 1 aromatic heterocycles. The molecule has 130 valence electrons. The first-order valence-electron chi connectivity index (χ1n) is 8.78. The first kappa shape index (κ1) is 17.2. The molecule has 25 heavy (non-hydrogen) atoms. The van der Waals surface area contributed by atoms with E-state index in [0.29, 0.717) is 0 Å². The van der Waals surface area contributed by atoms with Crippen LogP contribution >= 0.6 is 0 Å². The van der Waals surface area contributed by atoms with Crippen molar-refractivity contribution in [3.8, 4) is 0 Å². The second-order valence-electron chi connectivity index (χ2n) is 6.40. The summed E-state index contributed by atoms with van der Waals surface area (Å²) in [6.45, 7) is 5.62. The Balaban J connectivity index is 1.51. The van der Waals surface area contributed by atoms with Crippen LogP contribution in [0.15, 0.2) is 60.8 Å². The van der Waals surface area contributed by atoms with Gasteiger partial charge in [0.1, 0.15) is 0 Å². The average Bonchev–Trinajstić information content (AvgIpc) is 3.01. The second-order valence-corrected chi connectivity index (χ2v) is 6.40. The summed E-state index contributed by atoms with van der Waals surface area (Å²) in [6, 6.07) is 18.9. The minimum atomic E-state index is -0.0447. The van der Waals surface area contributed by atoms with E-state index in [2.05, 4.69) is 64.7 Å². The number of carbonyl (C=O) groups excluding carboxylic acids is 1. The van der Waals surface area contributed by atoms with Gasteiger partial charge in [0, 0.05) is 36.9 Å². The highest BCUT2D eigenvalue weighted by Crippen LogP contribution is 2.18. The van der Waals surface area contributed by atoms with E-state index in [0.717, 1.165) is 25.2 Å². The maximum absolute atomic E-state index is 11.2. The molecule has 1 amide bonds. The molecule has 0 saturated carbocycles. The summed E-state index contributed by atoms with van der Waals surface area (Å²) in [6.07, 6.45) is 3.22. The minimum absolute atomic E-state index is 0.0447. The molecule has 1 unspecified atom stereocenters. The zero-order chi connectivity index (χ0) is 17.6. The van der Waals surface area contributed by atoms with Crippen LogP contribution in [-0.2, 0) is 11.3 Å². The first-order chi connectivity index (χ1) is 12.1. The van der Waals surface area contributed by atoms with Gasteiger partial charge in [-0.15, -0.1) is 0 Å². The molecular weight excluding hydrogens is 310 g/mol. The predicted molar refractivity (Wildman–Crippen MR) is 104 cm³/mol. The maximum Gasteiger partial charge on any atom is 0.221 e. The Bertz CT molecular complexity index is 853. The van der Waals surface area contributed by atoms with E-state index in [1.54, 1.807) is 0 Å². The Hall–Kier alpha value is -2.59. The van der Waals surface area contributed by atoms with E-state index in [1.807, 2.05) is 18.2 Å². The van der Waals surface area contributed by atoms with Gasteiger partial charge < -0.3 is 15.2 Å². The van der Waals surface area contributed by atoms with Gasteiger partial charge in [-0.05, 0) is 55.1 Å². The van der Waals surface area contributed by atoms with Gasteiger partial charge in [0.2, 0.25) is 5.91 Å². The SMILES string of the molecule is CC(=O)Nc1cccc(C(C)NCCCn2ccc3ccccc32)c1. The van der Waals surface area contributed by atoms with Crippen molar-refractivity contribution in [2.45, 2.75) is 32.9 Å². The van der Waals surface area contributed by atoms with Crippen molar-refractivity contribution < 1.29 is 4.79 Å². The van der Waals surface area contributed by atoms with Crippen LogP contribution in [0.4, 0.5) is 5.69 Å². The normalized spacial score (nSPS) is 12.2. The van der Waals surface area contributed by atoms with Crippen molar-refractivity contribution in [1.29, 1.82) is 0 Å². The number of anilines is 1. The van der Waals surface area contributed by atoms with Crippen molar-refractivity contribution in [1.82, 2.24) is 9.88 Å². The summed E-state index contributed by atoms with van der Waals surface area (Å²) >= 11 is 0. The Labute approximate surface area is 148 Å². The van der Waals surface area contributed by atoms with Crippen LogP contribution in [0, 0.1) is 0 Å². The van der Waals surface area contributed by atoms with Crippen molar-refractivity contribution >= 4 is 22.5 Å². The highest BCUT2D eigenvalue weighted by Gasteiger charge is 2.06. The van der Waals surface area contributed by atoms with Gasteiger partial charge in [0.15, 0.2) is 0 Å². The lowest BCUT2D eigenvalue weighted by atomic mass is 10.1. The van der Waals surface area contributed by atoms with Crippen molar-refractivity contribution in [2.75, 3.05) is 11.9 Å². The van der Waals surface area contributed by atoms with Crippen molar-refractivity contribution in [3.05, 3.63) is 66.4 Å². The van der Waals surface area contributed by atoms with E-state index in [1.165, 1.54) is 23.4 Å². The van der Waals surface area contributed by atoms with Gasteiger partial charge >= 0.3 is 0 Å². The number of nitrogens with one attached hydrogen (secondary N) is 2. The standard InChI is InChI=1S/C21H25N3O/c1-16(19-8-5-9-20(15-19)23-17(2)25)22-12-6-13-24-14-11-18-7-3-4-10-21(18)24/h3-5,7-11,14-16,22H,6,12-13H2,1-2H3,(H,23,25). The Morgan fingerprint density at radius 3 is 2.80 bits per heavy atom. The van der Waals surface area contributed by atoms with Gasteiger partial charge in [-0.25, -0.2) is 0 Å². The van der Waals surface area contributed by atoms with Crippen LogP contribution < -0.4 is 10.6 Å². The monoisotopic (exact) mass is 335 g/mol. The zero-order valence-electron chi connectivity index (χ0n) is 14.8. The summed E-state index contributed by atoms with van der Waals surface area (Å²) in [5.74, 6) is -0.0447. The first-order valence-corrected chi connectivity index (χ1v) is 8.78. The van der Waals surface area contributed by atoms with Crippen molar-refractivity contribution in [2.24, 2.45) is 0 Å². The summed E-state index contributed by atoms with van der Waals surface area (Å²) in [5.41, 5.74) is 3.31. The number of fused-ring (bicyclic) bond motifs is 1. The van der Waals surface area contributed by atoms with Crippen LogP contribution in [0.25, 0.3) is 10.9 Å². The third-order valence-corrected chi connectivity index (χ3v) is 4.41. The quantitative estimate of drug-likeness (QED) is 0.631. The lowest BCUT2D eigenvalue weighted by Gasteiger charge is -2.16. The molecule has 0 saturated heterocycles. The fourth-order valence-electron chi connectivity index (χ4n) is 3.11. The molecule has 3 aromatic rings. The molecule has 2 N–H and O–H groups in total. The number of hydrogen-bond acceptors (Lipinski definition) is 2. The molecule has 0 aliphatic rings. The summed E-state index contributed by atoms with van der Waals surface area (Å²) in [4.78, 5) is 11.2. The predicted octanol–water partition coefficient (Wildman–Crippen LogP) is 4.34. The van der Waals surface area contributed by atoms with Gasteiger partial charge in [0.25, 0.3) is 0 Å². The van der Waals surface area contributed by atoms with E-state index >= 15 is 0 Å². The molecule has 3 rings (SSSR count). The number of carbonyl (C=O) groups is 1. The number of amides is 1. The number of rotatable bonds is 7. The third kappa shape index (κ3) is 4.48. The molecular formula is C21H25N3O. The van der Waals surface area contributed by atoms with Crippen LogP contribution in [0.1, 0.15) is 31.9 Å². The number of benzene rings is 2. The molecule has 0 spiro atoms. The van der Waals surface area contributed by atoms with E-state index in [-0.39, 0.29) is 11.9 Å². The van der Waals surface area contributed by atoms with Crippen LogP contribution in [-0.4, -0.2) is 17.0 Å². The number of aromatic nitrogens is 1. The smallest absolute Gasteiger partial charge is 0.221 e. The lowest BCUT2D eigenvalue weighted by molar-refractivity contribution is -0.114. The summed E-state index contributed by atoms with van der Waals surface area (Å²) in [7, 11) is 0. The molecule has 2 aromatic carbocycles. The molecule has 0 fully saturated rings. The van der Waals surface area contributed by atoms with Crippen LogP contribution in [0.3, 0.4) is 0 Å². The van der Waals surface area contributed by atoms with Crippen LogP contribution in [0.5, 0.6) is 0 Å². The molecule has 0 aliphatic carbocycles. The molecule has 1 heterocycles. The topological polar surface area (TPSA) is 46.1 Å². The molecule has 0 aliphatic heterocycles. The highest BCUT2D eigenvalue weighted by atomic mass is 16.1. The van der Waals surface area contributed by atoms with E-state index in [4.69, 9.17) is 0 Å². The lowest BCUT2D eigenvalue weighted by Crippen LogP contribution is -2.21. The van der Waals surface area contributed by atoms with Gasteiger partial charge in [0.05, 0.1) is 0 Å². The molecule has 0 bridgehead atoms. The van der Waals surface area contributed by atoms with E-state index in [9.17, 15) is 4.79 Å². The Morgan fingerprint density at radius 2 is 1.96 bits per heavy atom. The van der Waals surface area contributed by atoms with Crippen molar-refractivity contribution in [3.63, 3.8) is 0 Å². The number of para-hydroxylation sites is 1. The van der Waals surface area contributed by atoms with E-state index < -0.39 is 0 Å². The molecule has 1 atom stereocenters. The fourth-order valence-corrected chi connectivity index (χ4v) is 3.11. The number of aryl methyl sites for hydroxylation is 1. The fraction of sp³-hybridized carbons (Fsp3) is 0.286. The molecule has 4 nitrogen and oxygen atoms in total. The Morgan fingerprint density at radius 1 is 1.12 bits per heavy atom. The van der Waals surface area contributed by atoms with Gasteiger partial charge in [-0.1, -0.05) is 30.3 Å². The largest absolute Gasteiger partial charge is 0.347 e. The molecule has 0 radical (unpaired) electrons. The molecule has 4 heteroatoms. The third-order valence-electron chi connectivity index (χ3n) is 4.41. The maximum atomic E-state index is 11.2. The average molecular weight is 335 g/mol.